The molecular formula is C19H24N4O5. The van der Waals surface area contributed by atoms with Crippen LogP contribution in [0.1, 0.15) is 31.3 Å². The number of hydrogen-bond donors (Lipinski definition) is 1. The van der Waals surface area contributed by atoms with E-state index >= 15 is 0 Å². The van der Waals surface area contributed by atoms with Gasteiger partial charge in [0, 0.05) is 31.6 Å². The minimum absolute atomic E-state index is 0.143. The van der Waals surface area contributed by atoms with Gasteiger partial charge in [-0.3, -0.25) is 0 Å². The van der Waals surface area contributed by atoms with E-state index in [0.29, 0.717) is 42.9 Å². The number of pyridine rings is 2. The SMILES string of the molecule is COC(=O)c1ncc2nc(N3CCN(C(=O)OC(C)(C)C)CC3)ccc2c1O. The lowest BCUT2D eigenvalue weighted by atomic mass is 10.2. The first-order valence-electron chi connectivity index (χ1n) is 8.99. The van der Waals surface area contributed by atoms with Crippen LogP contribution in [0.15, 0.2) is 18.3 Å². The number of rotatable bonds is 2. The first-order valence-corrected chi connectivity index (χ1v) is 8.99. The van der Waals surface area contributed by atoms with Crippen LogP contribution in [0.4, 0.5) is 10.6 Å². The van der Waals surface area contributed by atoms with Crippen LogP contribution in [0, 0.1) is 0 Å². The second kappa shape index (κ2) is 7.49. The lowest BCUT2D eigenvalue weighted by molar-refractivity contribution is 0.0240. The Balaban J connectivity index is 1.73. The van der Waals surface area contributed by atoms with E-state index in [1.54, 1.807) is 17.0 Å². The van der Waals surface area contributed by atoms with Gasteiger partial charge in [-0.25, -0.2) is 19.6 Å². The predicted octanol–water partition coefficient (Wildman–Crippen LogP) is 2.18. The van der Waals surface area contributed by atoms with Gasteiger partial charge in [-0.05, 0) is 32.9 Å². The fourth-order valence-corrected chi connectivity index (χ4v) is 2.94. The van der Waals surface area contributed by atoms with Crippen LogP contribution >= 0.6 is 0 Å². The molecule has 28 heavy (non-hydrogen) atoms. The number of fused-ring (bicyclic) bond motifs is 1. The average Bonchev–Trinajstić information content (AvgIpc) is 2.66. The van der Waals surface area contributed by atoms with Gasteiger partial charge in [0.05, 0.1) is 18.8 Å². The molecule has 0 spiro atoms. The molecule has 2 aromatic heterocycles. The van der Waals surface area contributed by atoms with Gasteiger partial charge in [-0.1, -0.05) is 0 Å². The van der Waals surface area contributed by atoms with E-state index in [2.05, 4.69) is 14.7 Å². The molecule has 9 nitrogen and oxygen atoms in total. The summed E-state index contributed by atoms with van der Waals surface area (Å²) in [5, 5.41) is 10.7. The van der Waals surface area contributed by atoms with E-state index in [4.69, 9.17) is 4.74 Å². The summed E-state index contributed by atoms with van der Waals surface area (Å²) < 4.78 is 10.0. The minimum atomic E-state index is -0.707. The van der Waals surface area contributed by atoms with Gasteiger partial charge in [0.2, 0.25) is 0 Å². The molecule has 150 valence electrons. The molecular weight excluding hydrogens is 364 g/mol. The number of carbonyl (C=O) groups is 2. The molecule has 2 aromatic rings. The Kier molecular flexibility index (Phi) is 5.26. The molecule has 3 heterocycles. The first-order chi connectivity index (χ1) is 13.2. The molecule has 1 saturated heterocycles. The van der Waals surface area contributed by atoms with Gasteiger partial charge in [-0.15, -0.1) is 0 Å². The van der Waals surface area contributed by atoms with Crippen LogP contribution in [0.25, 0.3) is 10.9 Å². The van der Waals surface area contributed by atoms with Crippen LogP contribution in [0.5, 0.6) is 5.75 Å². The number of carbonyl (C=O) groups excluding carboxylic acids is 2. The summed E-state index contributed by atoms with van der Waals surface area (Å²) in [4.78, 5) is 36.0. The van der Waals surface area contributed by atoms with Crippen LogP contribution in [0.2, 0.25) is 0 Å². The molecule has 1 aliphatic heterocycles. The zero-order valence-electron chi connectivity index (χ0n) is 16.4. The van der Waals surface area contributed by atoms with Crippen molar-refractivity contribution >= 4 is 28.8 Å². The Morgan fingerprint density at radius 1 is 1.14 bits per heavy atom. The number of esters is 1. The molecule has 0 radical (unpaired) electrons. The maximum absolute atomic E-state index is 12.2. The summed E-state index contributed by atoms with van der Waals surface area (Å²) in [6.07, 6.45) is 1.12. The van der Waals surface area contributed by atoms with Crippen molar-refractivity contribution in [3.8, 4) is 5.75 Å². The molecule has 0 aromatic carbocycles. The molecule has 0 aliphatic carbocycles. The largest absolute Gasteiger partial charge is 0.505 e. The molecule has 1 N–H and O–H groups in total. The van der Waals surface area contributed by atoms with Crippen LogP contribution in [0.3, 0.4) is 0 Å². The quantitative estimate of drug-likeness (QED) is 0.781. The van der Waals surface area contributed by atoms with Gasteiger partial charge in [-0.2, -0.15) is 0 Å². The smallest absolute Gasteiger partial charge is 0.410 e. The molecule has 1 amide bonds. The summed E-state index contributed by atoms with van der Waals surface area (Å²) >= 11 is 0. The van der Waals surface area contributed by atoms with E-state index < -0.39 is 11.6 Å². The molecule has 0 unspecified atom stereocenters. The van der Waals surface area contributed by atoms with Crippen molar-refractivity contribution in [3.05, 3.63) is 24.0 Å². The highest BCUT2D eigenvalue weighted by atomic mass is 16.6. The van der Waals surface area contributed by atoms with Gasteiger partial charge in [0.25, 0.3) is 0 Å². The van der Waals surface area contributed by atoms with E-state index in [9.17, 15) is 14.7 Å². The number of piperazine rings is 1. The lowest BCUT2D eigenvalue weighted by Crippen LogP contribution is -2.50. The number of nitrogens with zero attached hydrogens (tertiary/aromatic N) is 4. The maximum Gasteiger partial charge on any atom is 0.410 e. The van der Waals surface area contributed by atoms with Crippen LogP contribution in [-0.4, -0.2) is 70.9 Å². The zero-order valence-corrected chi connectivity index (χ0v) is 16.4. The third-order valence-electron chi connectivity index (χ3n) is 4.34. The van der Waals surface area contributed by atoms with Crippen LogP contribution < -0.4 is 4.90 Å². The van der Waals surface area contributed by atoms with E-state index in [1.165, 1.54) is 13.3 Å². The Labute approximate surface area is 162 Å². The van der Waals surface area contributed by atoms with Gasteiger partial charge in [0.1, 0.15) is 11.4 Å². The standard InChI is InChI=1S/C19H24N4O5/c1-19(2,3)28-18(26)23-9-7-22(8-10-23)14-6-5-12-13(21-14)11-20-15(16(12)24)17(25)27-4/h5-6,11,24H,7-10H2,1-4H3. The molecule has 1 fully saturated rings. The Bertz CT molecular complexity index is 901. The molecule has 1 aliphatic rings. The number of aromatic nitrogens is 2. The highest BCUT2D eigenvalue weighted by Gasteiger charge is 2.26. The van der Waals surface area contributed by atoms with Crippen molar-refractivity contribution in [1.82, 2.24) is 14.9 Å². The highest BCUT2D eigenvalue weighted by Crippen LogP contribution is 2.28. The predicted molar refractivity (Wildman–Crippen MR) is 103 cm³/mol. The maximum atomic E-state index is 12.2. The van der Waals surface area contributed by atoms with E-state index in [0.717, 1.165) is 0 Å². The topological polar surface area (TPSA) is 105 Å². The summed E-state index contributed by atoms with van der Waals surface area (Å²) in [5.41, 5.74) is -0.195. The monoisotopic (exact) mass is 388 g/mol. The summed E-state index contributed by atoms with van der Waals surface area (Å²) in [6, 6.07) is 3.47. The number of amides is 1. The van der Waals surface area contributed by atoms with Crippen molar-refractivity contribution in [3.63, 3.8) is 0 Å². The molecule has 0 bridgehead atoms. The summed E-state index contributed by atoms with van der Waals surface area (Å²) in [5.74, 6) is -0.247. The summed E-state index contributed by atoms with van der Waals surface area (Å²) in [6.45, 7) is 7.80. The van der Waals surface area contributed by atoms with Gasteiger partial charge >= 0.3 is 12.1 Å². The van der Waals surface area contributed by atoms with Crippen molar-refractivity contribution in [2.75, 3.05) is 38.2 Å². The Morgan fingerprint density at radius 3 is 2.43 bits per heavy atom. The van der Waals surface area contributed by atoms with Crippen molar-refractivity contribution in [2.45, 2.75) is 26.4 Å². The second-order valence-electron chi connectivity index (χ2n) is 7.50. The Hall–Kier alpha value is -3.10. The number of methoxy groups -OCH3 is 1. The van der Waals surface area contributed by atoms with Crippen molar-refractivity contribution in [2.24, 2.45) is 0 Å². The Morgan fingerprint density at radius 2 is 1.82 bits per heavy atom. The molecule has 9 heteroatoms. The normalized spacial score (nSPS) is 14.9. The van der Waals surface area contributed by atoms with E-state index in [1.807, 2.05) is 25.7 Å². The number of aromatic hydroxyl groups is 1. The molecule has 0 saturated carbocycles. The van der Waals surface area contributed by atoms with Gasteiger partial charge < -0.3 is 24.4 Å². The first kappa shape index (κ1) is 19.7. The average molecular weight is 388 g/mol. The molecule has 3 rings (SSSR count). The highest BCUT2D eigenvalue weighted by molar-refractivity contribution is 5.98. The minimum Gasteiger partial charge on any atom is -0.505 e. The number of anilines is 1. The number of ether oxygens (including phenoxy) is 2. The van der Waals surface area contributed by atoms with E-state index in [-0.39, 0.29) is 17.5 Å². The van der Waals surface area contributed by atoms with Gasteiger partial charge in [0.15, 0.2) is 11.4 Å². The van der Waals surface area contributed by atoms with Crippen molar-refractivity contribution < 1.29 is 24.2 Å². The molecule has 0 atom stereocenters. The fourth-order valence-electron chi connectivity index (χ4n) is 2.94. The third kappa shape index (κ3) is 4.08. The van der Waals surface area contributed by atoms with Crippen molar-refractivity contribution in [1.29, 1.82) is 0 Å². The number of hydrogen-bond acceptors (Lipinski definition) is 8. The summed E-state index contributed by atoms with van der Waals surface area (Å²) in [7, 11) is 1.23. The lowest BCUT2D eigenvalue weighted by Gasteiger charge is -2.36. The third-order valence-corrected chi connectivity index (χ3v) is 4.34. The second-order valence-corrected chi connectivity index (χ2v) is 7.50. The fraction of sp³-hybridized carbons (Fsp3) is 0.474. The van der Waals surface area contributed by atoms with Crippen LogP contribution in [-0.2, 0) is 9.47 Å². The zero-order chi connectivity index (χ0) is 20.5.